The average molecular weight is 273 g/mol. The third-order valence-corrected chi connectivity index (χ3v) is 3.61. The second-order valence-corrected chi connectivity index (χ2v) is 5.06. The second kappa shape index (κ2) is 4.35. The number of carbonyl (C=O) groups is 1. The van der Waals surface area contributed by atoms with Gasteiger partial charge in [-0.2, -0.15) is 0 Å². The van der Waals surface area contributed by atoms with E-state index in [1.807, 2.05) is 4.90 Å². The number of aromatic nitrogens is 1. The van der Waals surface area contributed by atoms with E-state index in [9.17, 15) is 4.79 Å². The van der Waals surface area contributed by atoms with Crippen LogP contribution in [-0.2, 0) is 0 Å². The minimum atomic E-state index is 0.0353. The van der Waals surface area contributed by atoms with E-state index in [1.165, 1.54) is 6.20 Å². The molecule has 1 fully saturated rings. The van der Waals surface area contributed by atoms with Crippen LogP contribution >= 0.6 is 15.9 Å². The molecule has 0 aromatic carbocycles. The topological polar surface area (TPSA) is 46.3 Å². The fraction of sp³-hybridized carbons (Fsp3) is 0.600. The van der Waals surface area contributed by atoms with Gasteiger partial charge in [-0.3, -0.25) is 4.79 Å². The Balaban J connectivity index is 2.06. The van der Waals surface area contributed by atoms with Crippen molar-refractivity contribution in [1.82, 2.24) is 10.1 Å². The number of likely N-dealkylation sites (tertiary alicyclic amines) is 1. The van der Waals surface area contributed by atoms with Crippen LogP contribution in [-0.4, -0.2) is 33.9 Å². The maximum absolute atomic E-state index is 12.0. The molecule has 1 amide bonds. The first-order chi connectivity index (χ1) is 7.18. The Bertz CT molecular complexity index is 356. The highest BCUT2D eigenvalue weighted by Crippen LogP contribution is 2.20. The maximum Gasteiger partial charge on any atom is 0.259 e. The van der Waals surface area contributed by atoms with Crippen molar-refractivity contribution in [3.8, 4) is 0 Å². The number of amides is 1. The molecule has 2 heterocycles. The fourth-order valence-electron chi connectivity index (χ4n) is 1.73. The lowest BCUT2D eigenvalue weighted by Crippen LogP contribution is -2.38. The summed E-state index contributed by atoms with van der Waals surface area (Å²) in [6.45, 7) is 3.37. The van der Waals surface area contributed by atoms with Gasteiger partial charge in [-0.05, 0) is 19.8 Å². The number of halogens is 1. The molecule has 2 rings (SSSR count). The summed E-state index contributed by atoms with van der Waals surface area (Å²) in [5.74, 6) is 0.633. The number of rotatable bonds is 1. The largest absolute Gasteiger partial charge is 0.361 e. The van der Waals surface area contributed by atoms with Gasteiger partial charge >= 0.3 is 0 Å². The van der Waals surface area contributed by atoms with E-state index < -0.39 is 0 Å². The van der Waals surface area contributed by atoms with E-state index in [4.69, 9.17) is 4.52 Å². The number of aryl methyl sites for hydroxylation is 1. The van der Waals surface area contributed by atoms with E-state index in [0.29, 0.717) is 16.2 Å². The molecular weight excluding hydrogens is 260 g/mol. The van der Waals surface area contributed by atoms with Crippen LogP contribution in [0.2, 0.25) is 0 Å². The molecule has 0 saturated carbocycles. The molecule has 1 saturated heterocycles. The average Bonchev–Trinajstić information content (AvgIpc) is 2.65. The molecule has 1 aromatic rings. The molecular formula is C10H13BrN2O2. The molecule has 15 heavy (non-hydrogen) atoms. The number of nitrogens with zero attached hydrogens (tertiary/aromatic N) is 2. The highest BCUT2D eigenvalue weighted by atomic mass is 79.9. The van der Waals surface area contributed by atoms with Crippen LogP contribution < -0.4 is 0 Å². The number of carbonyl (C=O) groups excluding carboxylic acids is 1. The number of piperidine rings is 1. The Morgan fingerprint density at radius 2 is 2.27 bits per heavy atom. The molecule has 1 aliphatic heterocycles. The van der Waals surface area contributed by atoms with Gasteiger partial charge in [0.2, 0.25) is 0 Å². The molecule has 1 aromatic heterocycles. The zero-order chi connectivity index (χ0) is 10.8. The highest BCUT2D eigenvalue weighted by molar-refractivity contribution is 9.09. The first-order valence-electron chi connectivity index (χ1n) is 5.03. The molecule has 82 valence electrons. The van der Waals surface area contributed by atoms with Crippen LogP contribution in [0.5, 0.6) is 0 Å². The van der Waals surface area contributed by atoms with Crippen LogP contribution in [0.25, 0.3) is 0 Å². The summed E-state index contributed by atoms with van der Waals surface area (Å²) in [6.07, 6.45) is 3.52. The Labute approximate surface area is 96.7 Å². The van der Waals surface area contributed by atoms with E-state index in [1.54, 1.807) is 6.92 Å². The third-order valence-electron chi connectivity index (χ3n) is 2.69. The quantitative estimate of drug-likeness (QED) is 0.735. The van der Waals surface area contributed by atoms with Gasteiger partial charge in [0.15, 0.2) is 0 Å². The minimum absolute atomic E-state index is 0.0353. The van der Waals surface area contributed by atoms with Crippen molar-refractivity contribution < 1.29 is 9.32 Å². The SMILES string of the molecule is Cc1oncc1C(=O)N1CCC(Br)CC1. The van der Waals surface area contributed by atoms with Gasteiger partial charge in [0, 0.05) is 17.9 Å². The monoisotopic (exact) mass is 272 g/mol. The van der Waals surface area contributed by atoms with Gasteiger partial charge in [0.05, 0.1) is 6.20 Å². The minimum Gasteiger partial charge on any atom is -0.361 e. The molecule has 0 radical (unpaired) electrons. The lowest BCUT2D eigenvalue weighted by molar-refractivity contribution is 0.0726. The van der Waals surface area contributed by atoms with Crippen molar-refractivity contribution in [3.63, 3.8) is 0 Å². The molecule has 0 atom stereocenters. The Hall–Kier alpha value is -0.840. The van der Waals surface area contributed by atoms with Crippen LogP contribution in [0.3, 0.4) is 0 Å². The first kappa shape index (κ1) is 10.7. The molecule has 4 nitrogen and oxygen atoms in total. The standard InChI is InChI=1S/C10H13BrN2O2/c1-7-9(6-12-15-7)10(14)13-4-2-8(11)3-5-13/h6,8H,2-5H2,1H3. The molecule has 5 heteroatoms. The second-order valence-electron chi connectivity index (χ2n) is 3.76. The van der Waals surface area contributed by atoms with Gasteiger partial charge in [-0.25, -0.2) is 0 Å². The van der Waals surface area contributed by atoms with Crippen LogP contribution in [0.4, 0.5) is 0 Å². The number of hydrogen-bond acceptors (Lipinski definition) is 3. The van der Waals surface area contributed by atoms with Crippen molar-refractivity contribution in [2.75, 3.05) is 13.1 Å². The van der Waals surface area contributed by atoms with E-state index >= 15 is 0 Å². The highest BCUT2D eigenvalue weighted by Gasteiger charge is 2.24. The zero-order valence-corrected chi connectivity index (χ0v) is 10.2. The van der Waals surface area contributed by atoms with Gasteiger partial charge in [0.25, 0.3) is 5.91 Å². The van der Waals surface area contributed by atoms with Crippen LogP contribution in [0, 0.1) is 6.92 Å². The molecule has 1 aliphatic rings. The van der Waals surface area contributed by atoms with Crippen LogP contribution in [0.15, 0.2) is 10.7 Å². The third kappa shape index (κ3) is 2.22. The lowest BCUT2D eigenvalue weighted by Gasteiger charge is -2.29. The van der Waals surface area contributed by atoms with Crippen molar-refractivity contribution in [3.05, 3.63) is 17.5 Å². The summed E-state index contributed by atoms with van der Waals surface area (Å²) in [4.78, 5) is 14.4. The number of alkyl halides is 1. The molecule has 0 spiro atoms. The summed E-state index contributed by atoms with van der Waals surface area (Å²) in [6, 6.07) is 0. The van der Waals surface area contributed by atoms with E-state index in [2.05, 4.69) is 21.1 Å². The predicted molar refractivity (Wildman–Crippen MR) is 59.1 cm³/mol. The first-order valence-corrected chi connectivity index (χ1v) is 5.94. The van der Waals surface area contributed by atoms with Crippen molar-refractivity contribution >= 4 is 21.8 Å². The molecule has 0 bridgehead atoms. The van der Waals surface area contributed by atoms with Gasteiger partial charge in [-0.1, -0.05) is 21.1 Å². The van der Waals surface area contributed by atoms with Gasteiger partial charge in [-0.15, -0.1) is 0 Å². The van der Waals surface area contributed by atoms with E-state index in [0.717, 1.165) is 25.9 Å². The molecule has 0 aliphatic carbocycles. The molecule has 0 unspecified atom stereocenters. The Morgan fingerprint density at radius 3 is 2.80 bits per heavy atom. The fourth-order valence-corrected chi connectivity index (χ4v) is 2.13. The number of hydrogen-bond donors (Lipinski definition) is 0. The summed E-state index contributed by atoms with van der Waals surface area (Å²) in [7, 11) is 0. The summed E-state index contributed by atoms with van der Waals surface area (Å²) in [5, 5.41) is 3.62. The van der Waals surface area contributed by atoms with Crippen molar-refractivity contribution in [2.24, 2.45) is 0 Å². The molecule has 0 N–H and O–H groups in total. The van der Waals surface area contributed by atoms with Gasteiger partial charge in [0.1, 0.15) is 11.3 Å². The normalized spacial score (nSPS) is 18.1. The van der Waals surface area contributed by atoms with Gasteiger partial charge < -0.3 is 9.42 Å². The maximum atomic E-state index is 12.0. The Morgan fingerprint density at radius 1 is 1.60 bits per heavy atom. The van der Waals surface area contributed by atoms with Crippen LogP contribution in [0.1, 0.15) is 29.0 Å². The smallest absolute Gasteiger partial charge is 0.259 e. The summed E-state index contributed by atoms with van der Waals surface area (Å²) < 4.78 is 4.89. The lowest BCUT2D eigenvalue weighted by atomic mass is 10.1. The zero-order valence-electron chi connectivity index (χ0n) is 8.57. The Kier molecular flexibility index (Phi) is 3.09. The van der Waals surface area contributed by atoms with Crippen molar-refractivity contribution in [2.45, 2.75) is 24.6 Å². The van der Waals surface area contributed by atoms with Crippen molar-refractivity contribution in [1.29, 1.82) is 0 Å². The predicted octanol–water partition coefficient (Wildman–Crippen LogP) is 1.98. The summed E-state index contributed by atoms with van der Waals surface area (Å²) in [5.41, 5.74) is 0.586. The summed E-state index contributed by atoms with van der Waals surface area (Å²) >= 11 is 3.56. The van der Waals surface area contributed by atoms with E-state index in [-0.39, 0.29) is 5.91 Å².